The van der Waals surface area contributed by atoms with Crippen molar-refractivity contribution in [1.82, 2.24) is 0 Å². The number of halogens is 2. The predicted octanol–water partition coefficient (Wildman–Crippen LogP) is 4.50. The first-order valence-electron chi connectivity index (χ1n) is 4.78. The third-order valence-corrected chi connectivity index (χ3v) is 2.92. The first-order chi connectivity index (χ1) is 7.75. The molecule has 0 radical (unpaired) electrons. The van der Waals surface area contributed by atoms with Crippen LogP contribution < -0.4 is 0 Å². The van der Waals surface area contributed by atoms with Gasteiger partial charge in [-0.15, -0.1) is 0 Å². The number of hydrogen-bond acceptors (Lipinski definition) is 0. The monoisotopic (exact) mass is 290 g/mol. The molecule has 0 fully saturated rings. The van der Waals surface area contributed by atoms with Crippen molar-refractivity contribution >= 4 is 27.5 Å². The highest BCUT2D eigenvalue weighted by Gasteiger charge is 1.93. The molecule has 0 aromatic heterocycles. The highest BCUT2D eigenvalue weighted by molar-refractivity contribution is 9.10. The quantitative estimate of drug-likeness (QED) is 0.627. The van der Waals surface area contributed by atoms with Crippen LogP contribution in [0.4, 0.5) is 0 Å². The maximum Gasteiger partial charge on any atom is 0.0562 e. The van der Waals surface area contributed by atoms with Crippen LogP contribution in [0.15, 0.2) is 53.0 Å². The first kappa shape index (κ1) is 11.3. The summed E-state index contributed by atoms with van der Waals surface area (Å²) in [5, 5.41) is 0.687. The lowest BCUT2D eigenvalue weighted by Gasteiger charge is -1.93. The zero-order valence-corrected chi connectivity index (χ0v) is 10.7. The third kappa shape index (κ3) is 2.88. The van der Waals surface area contributed by atoms with Crippen LogP contribution in [0.3, 0.4) is 0 Å². The molecule has 0 aliphatic heterocycles. The van der Waals surface area contributed by atoms with Crippen LogP contribution in [0, 0.1) is 11.8 Å². The van der Waals surface area contributed by atoms with E-state index in [0.717, 1.165) is 15.6 Å². The lowest BCUT2D eigenvalue weighted by molar-refractivity contribution is 1.59. The van der Waals surface area contributed by atoms with Crippen molar-refractivity contribution in [2.24, 2.45) is 0 Å². The van der Waals surface area contributed by atoms with Gasteiger partial charge in [0.05, 0.1) is 5.02 Å². The molecule has 0 saturated heterocycles. The fourth-order valence-electron chi connectivity index (χ4n) is 1.24. The van der Waals surface area contributed by atoms with E-state index in [1.54, 1.807) is 0 Å². The predicted molar refractivity (Wildman–Crippen MR) is 71.6 cm³/mol. The van der Waals surface area contributed by atoms with Crippen molar-refractivity contribution in [2.45, 2.75) is 0 Å². The summed E-state index contributed by atoms with van der Waals surface area (Å²) in [6.45, 7) is 0. The molecule has 0 N–H and O–H groups in total. The van der Waals surface area contributed by atoms with Crippen LogP contribution in [0.5, 0.6) is 0 Å². The smallest absolute Gasteiger partial charge is 0.0562 e. The van der Waals surface area contributed by atoms with Gasteiger partial charge in [0.15, 0.2) is 0 Å². The molecule has 0 aliphatic rings. The van der Waals surface area contributed by atoms with Gasteiger partial charge in [-0.05, 0) is 36.4 Å². The van der Waals surface area contributed by atoms with E-state index in [0.29, 0.717) is 5.02 Å². The molecule has 2 aromatic carbocycles. The highest BCUT2D eigenvalue weighted by Crippen LogP contribution is 2.14. The normalized spacial score (nSPS) is 9.38. The molecule has 0 atom stereocenters. The topological polar surface area (TPSA) is 0 Å². The number of benzene rings is 2. The fraction of sp³-hybridized carbons (Fsp3) is 0. The molecule has 2 aromatic rings. The Kier molecular flexibility index (Phi) is 3.66. The molecule has 78 valence electrons. The van der Waals surface area contributed by atoms with Crippen LogP contribution in [0.2, 0.25) is 5.02 Å². The molecule has 2 rings (SSSR count). The minimum absolute atomic E-state index is 0.687. The zero-order chi connectivity index (χ0) is 11.4. The Morgan fingerprint density at radius 3 is 2.25 bits per heavy atom. The maximum absolute atomic E-state index is 6.01. The summed E-state index contributed by atoms with van der Waals surface area (Å²) in [5.41, 5.74) is 1.83. The molecule has 0 amide bonds. The summed E-state index contributed by atoms with van der Waals surface area (Å²) in [4.78, 5) is 0. The van der Waals surface area contributed by atoms with Crippen molar-refractivity contribution < 1.29 is 0 Å². The number of hydrogen-bond donors (Lipinski definition) is 0. The van der Waals surface area contributed by atoms with Gasteiger partial charge in [0, 0.05) is 15.6 Å². The Morgan fingerprint density at radius 1 is 0.875 bits per heavy atom. The molecule has 16 heavy (non-hydrogen) atoms. The van der Waals surface area contributed by atoms with Crippen LogP contribution in [0.25, 0.3) is 0 Å². The Balaban J connectivity index is 2.29. The molecule has 0 unspecified atom stereocenters. The van der Waals surface area contributed by atoms with Crippen molar-refractivity contribution in [3.8, 4) is 11.8 Å². The Bertz CT molecular complexity index is 547. The van der Waals surface area contributed by atoms with Gasteiger partial charge in [-0.2, -0.15) is 0 Å². The largest absolute Gasteiger partial charge is 0.0830 e. The molecule has 2 heteroatoms. The van der Waals surface area contributed by atoms with E-state index in [9.17, 15) is 0 Å². The van der Waals surface area contributed by atoms with E-state index in [1.165, 1.54) is 0 Å². The van der Waals surface area contributed by atoms with Crippen LogP contribution in [-0.2, 0) is 0 Å². The van der Waals surface area contributed by atoms with Crippen molar-refractivity contribution in [3.05, 3.63) is 69.2 Å². The lowest BCUT2D eigenvalue weighted by Crippen LogP contribution is -1.77. The van der Waals surface area contributed by atoms with Gasteiger partial charge >= 0.3 is 0 Å². The van der Waals surface area contributed by atoms with Crippen LogP contribution >= 0.6 is 27.5 Å². The van der Waals surface area contributed by atoms with Gasteiger partial charge in [0.1, 0.15) is 0 Å². The van der Waals surface area contributed by atoms with E-state index in [-0.39, 0.29) is 0 Å². The average Bonchev–Trinajstić information content (AvgIpc) is 2.30. The molecular formula is C14H8BrCl. The summed E-state index contributed by atoms with van der Waals surface area (Å²) in [6, 6.07) is 15.4. The third-order valence-electron chi connectivity index (χ3n) is 2.06. The molecular weight excluding hydrogens is 284 g/mol. The minimum Gasteiger partial charge on any atom is -0.0830 e. The van der Waals surface area contributed by atoms with Gasteiger partial charge in [-0.25, -0.2) is 0 Å². The molecule has 0 aliphatic carbocycles. The summed E-state index contributed by atoms with van der Waals surface area (Å²) in [5.74, 6) is 6.13. The van der Waals surface area contributed by atoms with Crippen molar-refractivity contribution in [1.29, 1.82) is 0 Å². The Hall–Kier alpha value is -1.23. The Morgan fingerprint density at radius 2 is 1.56 bits per heavy atom. The van der Waals surface area contributed by atoms with Crippen LogP contribution in [0.1, 0.15) is 11.1 Å². The zero-order valence-electron chi connectivity index (χ0n) is 8.37. The molecule has 0 saturated carbocycles. The SMILES string of the molecule is Clc1ccccc1C#Cc1ccc(Br)cc1. The van der Waals surface area contributed by atoms with E-state index >= 15 is 0 Å². The van der Waals surface area contributed by atoms with E-state index < -0.39 is 0 Å². The second kappa shape index (κ2) is 5.21. The standard InChI is InChI=1S/C14H8BrCl/c15-13-9-6-11(7-10-13)5-8-12-3-1-2-4-14(12)16/h1-4,6-7,9-10H. The van der Waals surface area contributed by atoms with Gasteiger partial charge in [0.25, 0.3) is 0 Å². The van der Waals surface area contributed by atoms with E-state index in [1.807, 2.05) is 48.5 Å². The fourth-order valence-corrected chi connectivity index (χ4v) is 1.68. The van der Waals surface area contributed by atoms with Gasteiger partial charge < -0.3 is 0 Å². The maximum atomic E-state index is 6.01. The van der Waals surface area contributed by atoms with E-state index in [4.69, 9.17) is 11.6 Å². The van der Waals surface area contributed by atoms with Crippen LogP contribution in [-0.4, -0.2) is 0 Å². The lowest BCUT2D eigenvalue weighted by atomic mass is 10.2. The second-order valence-corrected chi connectivity index (χ2v) is 4.56. The molecule has 0 heterocycles. The van der Waals surface area contributed by atoms with Gasteiger partial charge in [-0.3, -0.25) is 0 Å². The molecule has 0 spiro atoms. The van der Waals surface area contributed by atoms with E-state index in [2.05, 4.69) is 27.8 Å². The van der Waals surface area contributed by atoms with Crippen molar-refractivity contribution in [3.63, 3.8) is 0 Å². The average molecular weight is 292 g/mol. The summed E-state index contributed by atoms with van der Waals surface area (Å²) in [7, 11) is 0. The summed E-state index contributed by atoms with van der Waals surface area (Å²) >= 11 is 9.39. The van der Waals surface area contributed by atoms with Gasteiger partial charge in [-0.1, -0.05) is 51.5 Å². The van der Waals surface area contributed by atoms with Gasteiger partial charge in [0.2, 0.25) is 0 Å². The van der Waals surface area contributed by atoms with Crippen molar-refractivity contribution in [2.75, 3.05) is 0 Å². The second-order valence-electron chi connectivity index (χ2n) is 3.24. The highest BCUT2D eigenvalue weighted by atomic mass is 79.9. The molecule has 0 bridgehead atoms. The summed E-state index contributed by atoms with van der Waals surface area (Å²) in [6.07, 6.45) is 0. The number of rotatable bonds is 0. The minimum atomic E-state index is 0.687. The first-order valence-corrected chi connectivity index (χ1v) is 5.95. The summed E-state index contributed by atoms with van der Waals surface area (Å²) < 4.78 is 1.05. The molecule has 0 nitrogen and oxygen atoms in total. The Labute approximate surface area is 108 Å².